The highest BCUT2D eigenvalue weighted by Gasteiger charge is 2.27. The highest BCUT2D eigenvalue weighted by molar-refractivity contribution is 7.15. The lowest BCUT2D eigenvalue weighted by atomic mass is 9.97. The smallest absolute Gasteiger partial charge is 0.323 e. The van der Waals surface area contributed by atoms with Crippen LogP contribution in [0.4, 0.5) is 14.3 Å². The number of nitrogens with zero attached hydrogens (tertiary/aromatic N) is 2. The molecule has 2 amide bonds. The molecule has 6 nitrogen and oxygen atoms in total. The van der Waals surface area contributed by atoms with Gasteiger partial charge in [-0.15, -0.1) is 11.3 Å². The number of rotatable bonds is 4. The van der Waals surface area contributed by atoms with E-state index in [4.69, 9.17) is 5.11 Å². The number of nitrogens with one attached hydrogen (secondary N) is 1. The van der Waals surface area contributed by atoms with Crippen molar-refractivity contribution < 1.29 is 19.1 Å². The first-order valence-corrected chi connectivity index (χ1v) is 8.81. The second-order valence-electron chi connectivity index (χ2n) is 5.93. The van der Waals surface area contributed by atoms with Gasteiger partial charge in [-0.1, -0.05) is 18.2 Å². The quantitative estimate of drug-likeness (QED) is 0.874. The van der Waals surface area contributed by atoms with E-state index in [1.54, 1.807) is 29.3 Å². The maximum absolute atomic E-state index is 13.7. The summed E-state index contributed by atoms with van der Waals surface area (Å²) in [5, 5.41) is 12.2. The molecule has 0 spiro atoms. The number of urea groups is 1. The summed E-state index contributed by atoms with van der Waals surface area (Å²) in [5.41, 5.74) is 0.583. The first-order valence-electron chi connectivity index (χ1n) is 8.00. The maximum Gasteiger partial charge on any atom is 0.323 e. The summed E-state index contributed by atoms with van der Waals surface area (Å²) in [4.78, 5) is 29.8. The number of benzene rings is 1. The fourth-order valence-corrected chi connectivity index (χ4v) is 3.60. The molecule has 132 valence electrons. The molecule has 2 aromatic rings. The van der Waals surface area contributed by atoms with E-state index in [-0.39, 0.29) is 17.8 Å². The average Bonchev–Trinajstić information content (AvgIpc) is 3.04. The Morgan fingerprint density at radius 3 is 2.72 bits per heavy atom. The second kappa shape index (κ2) is 7.60. The average molecular weight is 363 g/mol. The number of thiazole rings is 1. The van der Waals surface area contributed by atoms with Crippen molar-refractivity contribution in [2.75, 3.05) is 18.4 Å². The Labute approximate surface area is 148 Å². The van der Waals surface area contributed by atoms with Crippen molar-refractivity contribution in [1.82, 2.24) is 9.88 Å². The predicted octanol–water partition coefficient (Wildman–Crippen LogP) is 3.20. The van der Waals surface area contributed by atoms with Crippen molar-refractivity contribution in [3.63, 3.8) is 0 Å². The van der Waals surface area contributed by atoms with Crippen LogP contribution in [-0.4, -0.2) is 40.1 Å². The van der Waals surface area contributed by atoms with Crippen LogP contribution < -0.4 is 5.32 Å². The Morgan fingerprint density at radius 1 is 1.32 bits per heavy atom. The molecule has 1 fully saturated rings. The largest absolute Gasteiger partial charge is 0.481 e. The van der Waals surface area contributed by atoms with Gasteiger partial charge >= 0.3 is 12.0 Å². The molecule has 0 atom stereocenters. The van der Waals surface area contributed by atoms with Gasteiger partial charge < -0.3 is 10.0 Å². The summed E-state index contributed by atoms with van der Waals surface area (Å²) in [6.45, 7) is 0.826. The summed E-state index contributed by atoms with van der Waals surface area (Å²) in [6, 6.07) is 6.28. The van der Waals surface area contributed by atoms with Crippen molar-refractivity contribution in [3.05, 3.63) is 46.7 Å². The molecule has 0 unspecified atom stereocenters. The number of likely N-dealkylation sites (tertiary alicyclic amines) is 1. The van der Waals surface area contributed by atoms with E-state index in [2.05, 4.69) is 10.3 Å². The summed E-state index contributed by atoms with van der Waals surface area (Å²) < 4.78 is 13.7. The predicted molar refractivity (Wildman–Crippen MR) is 92.3 cm³/mol. The number of anilines is 1. The maximum atomic E-state index is 13.7. The summed E-state index contributed by atoms with van der Waals surface area (Å²) in [7, 11) is 0. The van der Waals surface area contributed by atoms with Crippen LogP contribution in [0.2, 0.25) is 0 Å². The van der Waals surface area contributed by atoms with Gasteiger partial charge in [0.25, 0.3) is 0 Å². The third kappa shape index (κ3) is 4.33. The minimum atomic E-state index is -0.808. The van der Waals surface area contributed by atoms with E-state index in [1.165, 1.54) is 17.4 Å². The van der Waals surface area contributed by atoms with Crippen molar-refractivity contribution in [1.29, 1.82) is 0 Å². The lowest BCUT2D eigenvalue weighted by molar-refractivity contribution is -0.143. The number of carboxylic acids is 1. The van der Waals surface area contributed by atoms with E-state index >= 15 is 0 Å². The number of aromatic nitrogens is 1. The summed E-state index contributed by atoms with van der Waals surface area (Å²) in [6.07, 6.45) is 2.96. The molecule has 0 saturated carbocycles. The zero-order valence-electron chi connectivity index (χ0n) is 13.4. The second-order valence-corrected chi connectivity index (χ2v) is 7.04. The number of carboxylic acid groups (broad SMARTS) is 1. The summed E-state index contributed by atoms with van der Waals surface area (Å²) in [5.74, 6) is -1.45. The van der Waals surface area contributed by atoms with E-state index in [0.717, 1.165) is 4.88 Å². The van der Waals surface area contributed by atoms with Gasteiger partial charge in [-0.3, -0.25) is 10.1 Å². The highest BCUT2D eigenvalue weighted by atomic mass is 32.1. The zero-order valence-corrected chi connectivity index (χ0v) is 14.3. The fraction of sp³-hybridized carbons (Fsp3) is 0.353. The van der Waals surface area contributed by atoms with Gasteiger partial charge in [-0.2, -0.15) is 0 Å². The number of piperidine rings is 1. The Bertz CT molecular complexity index is 772. The number of carbonyl (C=O) groups excluding carboxylic acids is 1. The molecular formula is C17H18FN3O3S. The number of aliphatic carboxylic acids is 1. The van der Waals surface area contributed by atoms with Crippen LogP contribution in [0.1, 0.15) is 23.3 Å². The van der Waals surface area contributed by atoms with Crippen molar-refractivity contribution in [2.45, 2.75) is 19.3 Å². The van der Waals surface area contributed by atoms with Gasteiger partial charge in [0.05, 0.1) is 5.92 Å². The standard InChI is InChI=1S/C17H18FN3O3S/c18-14-4-2-1-3-12(14)9-13-10-19-16(25-13)20-17(24)21-7-5-11(6-8-21)15(22)23/h1-4,10-11H,5-9H2,(H,22,23)(H,19,20,24). The number of carbonyl (C=O) groups is 2. The Kier molecular flexibility index (Phi) is 5.28. The molecule has 1 saturated heterocycles. The van der Waals surface area contributed by atoms with Crippen LogP contribution in [0.5, 0.6) is 0 Å². The Balaban J connectivity index is 1.55. The highest BCUT2D eigenvalue weighted by Crippen LogP contribution is 2.23. The molecule has 25 heavy (non-hydrogen) atoms. The van der Waals surface area contributed by atoms with Crippen molar-refractivity contribution in [3.8, 4) is 0 Å². The van der Waals surface area contributed by atoms with Crippen molar-refractivity contribution in [2.24, 2.45) is 5.92 Å². The molecule has 2 heterocycles. The molecule has 3 rings (SSSR count). The number of halogens is 1. The molecule has 1 aliphatic rings. The van der Waals surface area contributed by atoms with E-state index in [9.17, 15) is 14.0 Å². The van der Waals surface area contributed by atoms with Gasteiger partial charge in [-0.05, 0) is 24.5 Å². The molecule has 0 bridgehead atoms. The molecule has 0 aliphatic carbocycles. The fourth-order valence-electron chi connectivity index (χ4n) is 2.78. The van der Waals surface area contributed by atoms with E-state index < -0.39 is 5.97 Å². The van der Waals surface area contributed by atoms with Gasteiger partial charge in [-0.25, -0.2) is 14.2 Å². The van der Waals surface area contributed by atoms with Crippen molar-refractivity contribution >= 4 is 28.5 Å². The van der Waals surface area contributed by atoms with Crippen LogP contribution in [-0.2, 0) is 11.2 Å². The number of hydrogen-bond acceptors (Lipinski definition) is 4. The van der Waals surface area contributed by atoms with Crippen LogP contribution in [0.25, 0.3) is 0 Å². The molecule has 1 aromatic heterocycles. The zero-order chi connectivity index (χ0) is 17.8. The lowest BCUT2D eigenvalue weighted by Crippen LogP contribution is -2.42. The lowest BCUT2D eigenvalue weighted by Gasteiger charge is -2.29. The normalized spacial score (nSPS) is 15.2. The summed E-state index contributed by atoms with van der Waals surface area (Å²) >= 11 is 1.30. The first-order chi connectivity index (χ1) is 12.0. The van der Waals surface area contributed by atoms with E-state index in [0.29, 0.717) is 43.0 Å². The van der Waals surface area contributed by atoms with Crippen LogP contribution in [0.3, 0.4) is 0 Å². The van der Waals surface area contributed by atoms with Gasteiger partial charge in [0.2, 0.25) is 0 Å². The SMILES string of the molecule is O=C(O)C1CCN(C(=O)Nc2ncc(Cc3ccccc3F)s2)CC1. The molecule has 1 aromatic carbocycles. The molecule has 1 aliphatic heterocycles. The monoisotopic (exact) mass is 363 g/mol. The molecular weight excluding hydrogens is 345 g/mol. The third-order valence-corrected chi connectivity index (χ3v) is 5.13. The molecule has 8 heteroatoms. The van der Waals surface area contributed by atoms with Crippen LogP contribution in [0, 0.1) is 11.7 Å². The van der Waals surface area contributed by atoms with E-state index in [1.807, 2.05) is 0 Å². The minimum absolute atomic E-state index is 0.261. The Hall–Kier alpha value is -2.48. The topological polar surface area (TPSA) is 82.5 Å². The molecule has 0 radical (unpaired) electrons. The molecule has 2 N–H and O–H groups in total. The number of amides is 2. The first kappa shape index (κ1) is 17.3. The Morgan fingerprint density at radius 2 is 2.04 bits per heavy atom. The van der Waals surface area contributed by atoms with Crippen LogP contribution >= 0.6 is 11.3 Å². The number of hydrogen-bond donors (Lipinski definition) is 2. The van der Waals surface area contributed by atoms with Gasteiger partial charge in [0, 0.05) is 30.6 Å². The van der Waals surface area contributed by atoms with Gasteiger partial charge in [0.15, 0.2) is 5.13 Å². The third-order valence-electron chi connectivity index (χ3n) is 4.22. The minimum Gasteiger partial charge on any atom is -0.481 e. The van der Waals surface area contributed by atoms with Gasteiger partial charge in [0.1, 0.15) is 5.82 Å². The van der Waals surface area contributed by atoms with Crippen LogP contribution in [0.15, 0.2) is 30.5 Å².